The molecule has 2 rings (SSSR count). The molecule has 3 heteroatoms. The van der Waals surface area contributed by atoms with Gasteiger partial charge < -0.3 is 0 Å². The summed E-state index contributed by atoms with van der Waals surface area (Å²) in [7, 11) is 2.04. The zero-order valence-corrected chi connectivity index (χ0v) is 7.74. The lowest BCUT2D eigenvalue weighted by Crippen LogP contribution is -2.05. The van der Waals surface area contributed by atoms with Gasteiger partial charge in [-0.2, -0.15) is 16.9 Å². The molecular weight excluding hydrogens is 156 g/mol. The topological polar surface area (TPSA) is 17.8 Å². The third-order valence-corrected chi connectivity index (χ3v) is 3.19. The highest BCUT2D eigenvalue weighted by Crippen LogP contribution is 2.26. The standard InChI is InChI=1S/C8H12N2S/c1-6-7-5-11-4-3-8(7)10(2)9-6/h3-5H2,1-2H3. The highest BCUT2D eigenvalue weighted by molar-refractivity contribution is 7.98. The smallest absolute Gasteiger partial charge is 0.0636 e. The monoisotopic (exact) mass is 168 g/mol. The number of nitrogens with zero attached hydrogens (tertiary/aromatic N) is 2. The molecule has 2 nitrogen and oxygen atoms in total. The first kappa shape index (κ1) is 7.22. The number of aromatic nitrogens is 2. The van der Waals surface area contributed by atoms with Crippen LogP contribution in [-0.2, 0) is 19.2 Å². The highest BCUT2D eigenvalue weighted by Gasteiger charge is 2.16. The van der Waals surface area contributed by atoms with Crippen LogP contribution in [0.2, 0.25) is 0 Å². The fourth-order valence-electron chi connectivity index (χ4n) is 1.59. The van der Waals surface area contributed by atoms with Crippen molar-refractivity contribution in [3.05, 3.63) is 17.0 Å². The maximum absolute atomic E-state index is 4.40. The van der Waals surface area contributed by atoms with E-state index in [2.05, 4.69) is 12.0 Å². The average molecular weight is 168 g/mol. The predicted octanol–water partition coefficient (Wildman–Crippen LogP) is 1.52. The number of hydrogen-bond acceptors (Lipinski definition) is 2. The van der Waals surface area contributed by atoms with Crippen molar-refractivity contribution in [2.45, 2.75) is 19.1 Å². The van der Waals surface area contributed by atoms with Gasteiger partial charge in [-0.1, -0.05) is 0 Å². The molecule has 0 aliphatic carbocycles. The first-order chi connectivity index (χ1) is 5.29. The lowest BCUT2D eigenvalue weighted by Gasteiger charge is -2.11. The minimum atomic E-state index is 1.16. The summed E-state index contributed by atoms with van der Waals surface area (Å²) in [5, 5.41) is 4.40. The summed E-state index contributed by atoms with van der Waals surface area (Å²) in [6, 6.07) is 0. The Morgan fingerprint density at radius 2 is 2.36 bits per heavy atom. The molecule has 0 radical (unpaired) electrons. The van der Waals surface area contributed by atoms with Gasteiger partial charge in [-0.25, -0.2) is 0 Å². The van der Waals surface area contributed by atoms with Crippen LogP contribution in [0.3, 0.4) is 0 Å². The van der Waals surface area contributed by atoms with E-state index in [0.717, 1.165) is 5.75 Å². The Hall–Kier alpha value is -0.440. The summed E-state index contributed by atoms with van der Waals surface area (Å²) < 4.78 is 2.03. The first-order valence-electron chi connectivity index (χ1n) is 3.88. The number of rotatable bonds is 0. The molecule has 60 valence electrons. The maximum Gasteiger partial charge on any atom is 0.0636 e. The van der Waals surface area contributed by atoms with Gasteiger partial charge in [-0.15, -0.1) is 0 Å². The largest absolute Gasteiger partial charge is 0.272 e. The van der Waals surface area contributed by atoms with Crippen LogP contribution >= 0.6 is 11.8 Å². The molecule has 1 aromatic heterocycles. The number of hydrogen-bond donors (Lipinski definition) is 0. The van der Waals surface area contributed by atoms with Crippen LogP contribution in [0.25, 0.3) is 0 Å². The van der Waals surface area contributed by atoms with Crippen LogP contribution in [0, 0.1) is 6.92 Å². The molecule has 1 aromatic rings. The maximum atomic E-state index is 4.40. The second-order valence-electron chi connectivity index (χ2n) is 2.94. The van der Waals surface area contributed by atoms with E-state index in [0.29, 0.717) is 0 Å². The van der Waals surface area contributed by atoms with Crippen molar-refractivity contribution in [1.29, 1.82) is 0 Å². The number of fused-ring (bicyclic) bond motifs is 1. The zero-order chi connectivity index (χ0) is 7.84. The summed E-state index contributed by atoms with van der Waals surface area (Å²) >= 11 is 2.01. The van der Waals surface area contributed by atoms with Gasteiger partial charge in [-0.3, -0.25) is 4.68 Å². The van der Waals surface area contributed by atoms with E-state index in [1.807, 2.05) is 23.5 Å². The number of aryl methyl sites for hydroxylation is 2. The van der Waals surface area contributed by atoms with Gasteiger partial charge in [0.2, 0.25) is 0 Å². The lowest BCUT2D eigenvalue weighted by atomic mass is 10.2. The van der Waals surface area contributed by atoms with Crippen LogP contribution < -0.4 is 0 Å². The summed E-state index contributed by atoms with van der Waals surface area (Å²) in [6.45, 7) is 2.10. The van der Waals surface area contributed by atoms with Crippen molar-refractivity contribution in [1.82, 2.24) is 9.78 Å². The molecule has 0 saturated carbocycles. The third kappa shape index (κ3) is 1.07. The van der Waals surface area contributed by atoms with Crippen LogP contribution in [-0.4, -0.2) is 15.5 Å². The fraction of sp³-hybridized carbons (Fsp3) is 0.625. The molecule has 0 saturated heterocycles. The second kappa shape index (κ2) is 2.55. The van der Waals surface area contributed by atoms with E-state index >= 15 is 0 Å². The molecule has 0 aromatic carbocycles. The molecule has 0 unspecified atom stereocenters. The normalized spacial score (nSPS) is 16.5. The molecular formula is C8H12N2S. The minimum Gasteiger partial charge on any atom is -0.272 e. The number of thioether (sulfide) groups is 1. The van der Waals surface area contributed by atoms with E-state index in [1.54, 1.807) is 0 Å². The molecule has 0 bridgehead atoms. The third-order valence-electron chi connectivity index (χ3n) is 2.21. The molecule has 0 fully saturated rings. The van der Waals surface area contributed by atoms with Gasteiger partial charge in [0.05, 0.1) is 5.69 Å². The van der Waals surface area contributed by atoms with Crippen molar-refractivity contribution in [3.63, 3.8) is 0 Å². The average Bonchev–Trinajstić information content (AvgIpc) is 2.30. The van der Waals surface area contributed by atoms with Gasteiger partial charge in [0.1, 0.15) is 0 Å². The Balaban J connectivity index is 2.52. The van der Waals surface area contributed by atoms with E-state index in [4.69, 9.17) is 0 Å². The van der Waals surface area contributed by atoms with E-state index in [1.165, 1.54) is 29.1 Å². The van der Waals surface area contributed by atoms with Gasteiger partial charge in [0, 0.05) is 24.1 Å². The molecule has 0 spiro atoms. The van der Waals surface area contributed by atoms with Crippen LogP contribution in [0.4, 0.5) is 0 Å². The Kier molecular flexibility index (Phi) is 1.68. The van der Waals surface area contributed by atoms with Crippen LogP contribution in [0.1, 0.15) is 17.0 Å². The van der Waals surface area contributed by atoms with E-state index in [9.17, 15) is 0 Å². The van der Waals surface area contributed by atoms with Gasteiger partial charge in [-0.05, 0) is 19.1 Å². The molecule has 0 N–H and O–H groups in total. The molecule has 0 amide bonds. The predicted molar refractivity (Wildman–Crippen MR) is 47.8 cm³/mol. The minimum absolute atomic E-state index is 1.16. The summed E-state index contributed by atoms with van der Waals surface area (Å²) in [5.74, 6) is 2.42. The van der Waals surface area contributed by atoms with Crippen LogP contribution in [0.15, 0.2) is 0 Å². The lowest BCUT2D eigenvalue weighted by molar-refractivity contribution is 0.710. The van der Waals surface area contributed by atoms with Crippen molar-refractivity contribution < 1.29 is 0 Å². The van der Waals surface area contributed by atoms with Crippen molar-refractivity contribution >= 4 is 11.8 Å². The molecule has 0 atom stereocenters. The zero-order valence-electron chi connectivity index (χ0n) is 6.92. The first-order valence-corrected chi connectivity index (χ1v) is 5.03. The molecule has 2 heterocycles. The van der Waals surface area contributed by atoms with Gasteiger partial charge in [0.25, 0.3) is 0 Å². The summed E-state index contributed by atoms with van der Waals surface area (Å²) in [6.07, 6.45) is 1.19. The van der Waals surface area contributed by atoms with Crippen molar-refractivity contribution in [2.75, 3.05) is 5.75 Å². The molecule has 11 heavy (non-hydrogen) atoms. The Morgan fingerprint density at radius 1 is 1.55 bits per heavy atom. The van der Waals surface area contributed by atoms with E-state index < -0.39 is 0 Å². The Bertz CT molecular complexity index is 251. The second-order valence-corrected chi connectivity index (χ2v) is 4.04. The Labute approximate surface area is 71.0 Å². The Morgan fingerprint density at radius 3 is 3.09 bits per heavy atom. The summed E-state index contributed by atoms with van der Waals surface area (Å²) in [4.78, 5) is 0. The van der Waals surface area contributed by atoms with Gasteiger partial charge >= 0.3 is 0 Å². The van der Waals surface area contributed by atoms with Crippen LogP contribution in [0.5, 0.6) is 0 Å². The summed E-state index contributed by atoms with van der Waals surface area (Å²) in [5.41, 5.74) is 4.14. The van der Waals surface area contributed by atoms with Gasteiger partial charge in [0.15, 0.2) is 0 Å². The highest BCUT2D eigenvalue weighted by atomic mass is 32.2. The van der Waals surface area contributed by atoms with Crippen molar-refractivity contribution in [2.24, 2.45) is 7.05 Å². The quantitative estimate of drug-likeness (QED) is 0.584. The van der Waals surface area contributed by atoms with Crippen molar-refractivity contribution in [3.8, 4) is 0 Å². The molecule has 1 aliphatic rings. The SMILES string of the molecule is Cc1nn(C)c2c1CSCC2. The molecule has 1 aliphatic heterocycles. The fourth-order valence-corrected chi connectivity index (χ4v) is 2.66. The van der Waals surface area contributed by atoms with E-state index in [-0.39, 0.29) is 0 Å².